The van der Waals surface area contributed by atoms with Crippen molar-refractivity contribution in [3.05, 3.63) is 61.3 Å². The lowest BCUT2D eigenvalue weighted by Gasteiger charge is -2.35. The van der Waals surface area contributed by atoms with Crippen LogP contribution in [0.5, 0.6) is 0 Å². The number of nitrogens with zero attached hydrogens (tertiary/aromatic N) is 2. The van der Waals surface area contributed by atoms with E-state index in [1.54, 1.807) is 0 Å². The molecule has 1 atom stereocenters. The molecule has 2 heterocycles. The van der Waals surface area contributed by atoms with Crippen LogP contribution in [0.1, 0.15) is 41.1 Å². The maximum atomic E-state index is 6.73. The summed E-state index contributed by atoms with van der Waals surface area (Å²) in [5.41, 5.74) is 5.09. The zero-order chi connectivity index (χ0) is 17.6. The molecule has 1 aliphatic heterocycles. The van der Waals surface area contributed by atoms with Gasteiger partial charge in [-0.3, -0.25) is 4.98 Å². The molecule has 1 aromatic heterocycles. The number of aromatic nitrogens is 1. The van der Waals surface area contributed by atoms with Gasteiger partial charge in [0.25, 0.3) is 0 Å². The molecule has 0 N–H and O–H groups in total. The van der Waals surface area contributed by atoms with Crippen molar-refractivity contribution in [3.63, 3.8) is 0 Å². The molecule has 2 aliphatic rings. The summed E-state index contributed by atoms with van der Waals surface area (Å²) >= 11 is 16.6. The van der Waals surface area contributed by atoms with Crippen molar-refractivity contribution >= 4 is 39.1 Å². The normalized spacial score (nSPS) is 21.5. The van der Waals surface area contributed by atoms with Crippen molar-refractivity contribution in [1.29, 1.82) is 0 Å². The van der Waals surface area contributed by atoms with Crippen LogP contribution in [0.2, 0.25) is 10.0 Å². The van der Waals surface area contributed by atoms with Crippen LogP contribution >= 0.6 is 39.1 Å². The lowest BCUT2D eigenvalue weighted by atomic mass is 9.76. The van der Waals surface area contributed by atoms with Gasteiger partial charge in [0, 0.05) is 26.6 Å². The minimum absolute atomic E-state index is 0.263. The smallest absolute Gasteiger partial charge is 0.0514 e. The van der Waals surface area contributed by atoms with Gasteiger partial charge in [0.1, 0.15) is 0 Å². The summed E-state index contributed by atoms with van der Waals surface area (Å²) in [5.74, 6) is 0.832. The Morgan fingerprint density at radius 2 is 1.80 bits per heavy atom. The molecule has 4 rings (SSSR count). The van der Waals surface area contributed by atoms with E-state index in [9.17, 15) is 0 Å². The second kappa shape index (κ2) is 7.19. The molecule has 0 amide bonds. The van der Waals surface area contributed by atoms with Crippen molar-refractivity contribution in [2.24, 2.45) is 5.92 Å². The number of rotatable bonds is 1. The summed E-state index contributed by atoms with van der Waals surface area (Å²) in [4.78, 5) is 7.27. The second-order valence-electron chi connectivity index (χ2n) is 7.28. The summed E-state index contributed by atoms with van der Waals surface area (Å²) in [6.07, 6.45) is 6.22. The third-order valence-corrected chi connectivity index (χ3v) is 6.62. The van der Waals surface area contributed by atoms with Gasteiger partial charge in [-0.2, -0.15) is 0 Å². The van der Waals surface area contributed by atoms with Gasteiger partial charge < -0.3 is 4.90 Å². The number of likely N-dealkylation sites (tertiary alicyclic amines) is 1. The quantitative estimate of drug-likeness (QED) is 0.564. The van der Waals surface area contributed by atoms with E-state index in [1.165, 1.54) is 35.2 Å². The maximum absolute atomic E-state index is 6.73. The van der Waals surface area contributed by atoms with E-state index in [4.69, 9.17) is 28.2 Å². The fourth-order valence-electron chi connectivity index (χ4n) is 4.39. The molecule has 132 valence electrons. The zero-order valence-electron chi connectivity index (χ0n) is 14.2. The highest BCUT2D eigenvalue weighted by atomic mass is 79.9. The van der Waals surface area contributed by atoms with Gasteiger partial charge in [-0.1, -0.05) is 23.2 Å². The summed E-state index contributed by atoms with van der Waals surface area (Å²) in [6, 6.07) is 6.23. The lowest BCUT2D eigenvalue weighted by molar-refractivity contribution is 0.206. The van der Waals surface area contributed by atoms with Gasteiger partial charge in [0.15, 0.2) is 0 Å². The number of piperidine rings is 1. The highest BCUT2D eigenvalue weighted by Crippen LogP contribution is 2.45. The minimum Gasteiger partial charge on any atom is -0.306 e. The van der Waals surface area contributed by atoms with Crippen LogP contribution in [0.25, 0.3) is 0 Å². The van der Waals surface area contributed by atoms with Crippen LogP contribution in [0.4, 0.5) is 0 Å². The molecular formula is C20H21BrCl2N2. The van der Waals surface area contributed by atoms with Gasteiger partial charge in [0.05, 0.1) is 5.69 Å². The van der Waals surface area contributed by atoms with Gasteiger partial charge in [0.2, 0.25) is 0 Å². The Morgan fingerprint density at radius 1 is 1.08 bits per heavy atom. The number of fused-ring (bicyclic) bond motifs is 2. The summed E-state index contributed by atoms with van der Waals surface area (Å²) in [5, 5.41) is 1.52. The van der Waals surface area contributed by atoms with E-state index in [0.29, 0.717) is 5.92 Å². The number of aryl methyl sites for hydroxylation is 2. The molecule has 1 aliphatic carbocycles. The van der Waals surface area contributed by atoms with Crippen LogP contribution in [-0.4, -0.2) is 30.0 Å². The van der Waals surface area contributed by atoms with E-state index in [0.717, 1.165) is 40.4 Å². The highest BCUT2D eigenvalue weighted by molar-refractivity contribution is 9.10. The van der Waals surface area contributed by atoms with Crippen LogP contribution in [-0.2, 0) is 12.8 Å². The minimum atomic E-state index is 0.263. The molecule has 1 aromatic carbocycles. The lowest BCUT2D eigenvalue weighted by Crippen LogP contribution is -2.33. The van der Waals surface area contributed by atoms with Crippen molar-refractivity contribution in [2.45, 2.75) is 31.6 Å². The molecule has 0 saturated carbocycles. The predicted octanol–water partition coefficient (Wildman–Crippen LogP) is 5.72. The monoisotopic (exact) mass is 438 g/mol. The average Bonchev–Trinajstić information content (AvgIpc) is 2.72. The second-order valence-corrected chi connectivity index (χ2v) is 9.04. The molecule has 0 radical (unpaired) electrons. The first-order chi connectivity index (χ1) is 12.0. The van der Waals surface area contributed by atoms with Crippen LogP contribution in [0, 0.1) is 5.92 Å². The van der Waals surface area contributed by atoms with Gasteiger partial charge >= 0.3 is 0 Å². The molecule has 1 fully saturated rings. The number of benzene rings is 1. The van der Waals surface area contributed by atoms with Crippen molar-refractivity contribution < 1.29 is 0 Å². The van der Waals surface area contributed by atoms with Crippen molar-refractivity contribution in [1.82, 2.24) is 9.88 Å². The Bertz CT molecular complexity index is 801. The van der Waals surface area contributed by atoms with E-state index in [-0.39, 0.29) is 5.92 Å². The topological polar surface area (TPSA) is 16.1 Å². The average molecular weight is 440 g/mol. The Hall–Kier alpha value is -0.610. The van der Waals surface area contributed by atoms with Crippen LogP contribution < -0.4 is 0 Å². The zero-order valence-corrected chi connectivity index (χ0v) is 17.3. The third-order valence-electron chi connectivity index (χ3n) is 5.65. The number of hydrogen-bond donors (Lipinski definition) is 0. The Kier molecular flexibility index (Phi) is 5.11. The summed E-state index contributed by atoms with van der Waals surface area (Å²) < 4.78 is 1.04. The number of hydrogen-bond acceptors (Lipinski definition) is 2. The first kappa shape index (κ1) is 17.8. The summed E-state index contributed by atoms with van der Waals surface area (Å²) in [7, 11) is 2.20. The van der Waals surface area contributed by atoms with Crippen molar-refractivity contribution in [2.75, 3.05) is 20.1 Å². The fourth-order valence-corrected chi connectivity index (χ4v) is 5.42. The Morgan fingerprint density at radius 3 is 2.56 bits per heavy atom. The van der Waals surface area contributed by atoms with E-state index < -0.39 is 0 Å². The molecule has 25 heavy (non-hydrogen) atoms. The molecule has 1 saturated heterocycles. The summed E-state index contributed by atoms with van der Waals surface area (Å²) in [6.45, 7) is 2.27. The largest absolute Gasteiger partial charge is 0.306 e. The van der Waals surface area contributed by atoms with Gasteiger partial charge in [-0.15, -0.1) is 0 Å². The van der Waals surface area contributed by atoms with E-state index in [1.807, 2.05) is 12.3 Å². The Balaban J connectivity index is 1.87. The first-order valence-electron chi connectivity index (χ1n) is 8.83. The van der Waals surface area contributed by atoms with Crippen LogP contribution in [0.3, 0.4) is 0 Å². The van der Waals surface area contributed by atoms with E-state index in [2.05, 4.69) is 40.0 Å². The standard InChI is InChI=1S/C20H21BrCl2N2/c1-25-6-4-12(5-7-25)19-18-13(9-16(22)10-17(18)23)2-3-14-8-15(21)11-24-20(14)19/h8-12,19H,2-7H2,1H3. The van der Waals surface area contributed by atoms with Gasteiger partial charge in [-0.05, 0) is 103 Å². The molecule has 1 unspecified atom stereocenters. The van der Waals surface area contributed by atoms with Crippen molar-refractivity contribution in [3.8, 4) is 0 Å². The molecule has 0 bridgehead atoms. The molecule has 5 heteroatoms. The third kappa shape index (κ3) is 3.49. The maximum Gasteiger partial charge on any atom is 0.0514 e. The van der Waals surface area contributed by atoms with Crippen LogP contribution in [0.15, 0.2) is 28.9 Å². The SMILES string of the molecule is CN1CCC(C2c3ncc(Br)cc3CCc3cc(Cl)cc(Cl)c32)CC1. The number of halogens is 3. The fraction of sp³-hybridized carbons (Fsp3) is 0.450. The molecule has 2 nitrogen and oxygen atoms in total. The van der Waals surface area contributed by atoms with Gasteiger partial charge in [-0.25, -0.2) is 0 Å². The molecular weight excluding hydrogens is 419 g/mol. The van der Waals surface area contributed by atoms with E-state index >= 15 is 0 Å². The first-order valence-corrected chi connectivity index (χ1v) is 10.4. The number of pyridine rings is 1. The molecule has 2 aromatic rings. The molecule has 0 spiro atoms. The highest BCUT2D eigenvalue weighted by Gasteiger charge is 2.35. The Labute approximate surface area is 167 Å². The predicted molar refractivity (Wildman–Crippen MR) is 108 cm³/mol.